The summed E-state index contributed by atoms with van der Waals surface area (Å²) >= 11 is 0. The highest BCUT2D eigenvalue weighted by molar-refractivity contribution is 5.86. The molecule has 2 fully saturated rings. The van der Waals surface area contributed by atoms with Gasteiger partial charge in [0.15, 0.2) is 0 Å². The molecule has 5 atom stereocenters. The summed E-state index contributed by atoms with van der Waals surface area (Å²) in [6.07, 6.45) is 11.8. The second kappa shape index (κ2) is 6.33. The Morgan fingerprint density at radius 2 is 2.08 bits per heavy atom. The van der Waals surface area contributed by atoms with Gasteiger partial charge in [-0.2, -0.15) is 0 Å². The Kier molecular flexibility index (Phi) is 4.67. The van der Waals surface area contributed by atoms with Gasteiger partial charge in [-0.3, -0.25) is 0 Å². The molecule has 24 heavy (non-hydrogen) atoms. The van der Waals surface area contributed by atoms with E-state index in [9.17, 15) is 4.79 Å². The molecule has 0 aromatic heterocycles. The first kappa shape index (κ1) is 17.7. The van der Waals surface area contributed by atoms with E-state index in [1.165, 1.54) is 6.42 Å². The predicted octanol–water partition coefficient (Wildman–Crippen LogP) is 4.88. The summed E-state index contributed by atoms with van der Waals surface area (Å²) in [6, 6.07) is 0. The van der Waals surface area contributed by atoms with E-state index >= 15 is 0 Å². The van der Waals surface area contributed by atoms with Gasteiger partial charge in [0.2, 0.25) is 5.79 Å². The van der Waals surface area contributed by atoms with Crippen LogP contribution in [0.15, 0.2) is 23.8 Å². The minimum absolute atomic E-state index is 0.232. The van der Waals surface area contributed by atoms with Gasteiger partial charge in [0.05, 0.1) is 0 Å². The molecule has 0 bridgehead atoms. The van der Waals surface area contributed by atoms with Crippen LogP contribution in [0.1, 0.15) is 59.8 Å². The molecular formula is C21H32O3. The number of hydrogen-bond donors (Lipinski definition) is 0. The predicted molar refractivity (Wildman–Crippen MR) is 95.2 cm³/mol. The molecule has 2 saturated carbocycles. The number of methoxy groups -OCH3 is 1. The van der Waals surface area contributed by atoms with Crippen molar-refractivity contribution in [2.24, 2.45) is 29.1 Å². The highest BCUT2D eigenvalue weighted by Gasteiger charge is 2.60. The monoisotopic (exact) mass is 332 g/mol. The maximum atomic E-state index is 11.9. The smallest absolute Gasteiger partial charge is 0.333 e. The third-order valence-corrected chi connectivity index (χ3v) is 6.77. The van der Waals surface area contributed by atoms with Crippen LogP contribution in [-0.2, 0) is 14.3 Å². The van der Waals surface area contributed by atoms with E-state index in [2.05, 4.69) is 39.8 Å². The molecule has 3 rings (SSSR count). The second-order valence-corrected chi connectivity index (χ2v) is 8.64. The summed E-state index contributed by atoms with van der Waals surface area (Å²) in [4.78, 5) is 11.9. The molecule has 2 aliphatic carbocycles. The van der Waals surface area contributed by atoms with Crippen LogP contribution in [0.25, 0.3) is 0 Å². The van der Waals surface area contributed by atoms with Crippen molar-refractivity contribution in [3.8, 4) is 0 Å². The number of hydrogen-bond acceptors (Lipinski definition) is 3. The standard InChI is InChI=1S/C21H32O3/c1-14(2)7-6-8-15(3)16-9-10-17-18-13-19(22)24-21(18,23-5)12-11-20(16,17)4/h6,8,13-17H,7,9-12H2,1-5H3. The zero-order valence-electron chi connectivity index (χ0n) is 15.8. The van der Waals surface area contributed by atoms with Crippen LogP contribution < -0.4 is 0 Å². The first-order chi connectivity index (χ1) is 11.3. The van der Waals surface area contributed by atoms with Gasteiger partial charge in [0, 0.05) is 25.2 Å². The first-order valence-corrected chi connectivity index (χ1v) is 9.49. The Bertz CT molecular complexity index is 561. The number of ether oxygens (including phenoxy) is 2. The molecule has 0 aromatic carbocycles. The molecule has 1 aliphatic heterocycles. The fraction of sp³-hybridized carbons (Fsp3) is 0.762. The summed E-state index contributed by atoms with van der Waals surface area (Å²) in [6.45, 7) is 9.30. The van der Waals surface area contributed by atoms with Crippen molar-refractivity contribution < 1.29 is 14.3 Å². The van der Waals surface area contributed by atoms with E-state index in [1.807, 2.05) is 0 Å². The van der Waals surface area contributed by atoms with Crippen LogP contribution in [0, 0.1) is 29.1 Å². The molecule has 134 valence electrons. The maximum absolute atomic E-state index is 11.9. The minimum atomic E-state index is -0.771. The van der Waals surface area contributed by atoms with Gasteiger partial charge < -0.3 is 9.47 Å². The van der Waals surface area contributed by atoms with E-state index in [0.29, 0.717) is 23.7 Å². The van der Waals surface area contributed by atoms with Crippen molar-refractivity contribution >= 4 is 5.97 Å². The highest BCUT2D eigenvalue weighted by Crippen LogP contribution is 2.63. The van der Waals surface area contributed by atoms with Gasteiger partial charge >= 0.3 is 5.97 Å². The van der Waals surface area contributed by atoms with Gasteiger partial charge in [-0.15, -0.1) is 0 Å². The molecule has 0 radical (unpaired) electrons. The summed E-state index contributed by atoms with van der Waals surface area (Å²) in [5.41, 5.74) is 1.34. The lowest BCUT2D eigenvalue weighted by atomic mass is 9.60. The van der Waals surface area contributed by atoms with Gasteiger partial charge in [0.25, 0.3) is 0 Å². The Morgan fingerprint density at radius 1 is 1.33 bits per heavy atom. The molecule has 3 heteroatoms. The summed E-state index contributed by atoms with van der Waals surface area (Å²) in [5.74, 6) is 1.36. The molecule has 5 unspecified atom stereocenters. The third kappa shape index (κ3) is 2.75. The normalized spacial score (nSPS) is 39.8. The number of carbonyl (C=O) groups excluding carboxylic acids is 1. The Morgan fingerprint density at radius 3 is 2.75 bits per heavy atom. The molecule has 3 nitrogen and oxygen atoms in total. The van der Waals surface area contributed by atoms with Gasteiger partial charge in [-0.25, -0.2) is 4.79 Å². The van der Waals surface area contributed by atoms with Crippen molar-refractivity contribution in [1.29, 1.82) is 0 Å². The Balaban J connectivity index is 1.81. The lowest BCUT2D eigenvalue weighted by Gasteiger charge is -2.48. The van der Waals surface area contributed by atoms with E-state index in [0.717, 1.165) is 31.3 Å². The van der Waals surface area contributed by atoms with Crippen LogP contribution >= 0.6 is 0 Å². The number of rotatable bonds is 5. The topological polar surface area (TPSA) is 35.5 Å². The maximum Gasteiger partial charge on any atom is 0.333 e. The molecule has 1 heterocycles. The lowest BCUT2D eigenvalue weighted by Crippen LogP contribution is -2.47. The van der Waals surface area contributed by atoms with Crippen molar-refractivity contribution in [3.63, 3.8) is 0 Å². The van der Waals surface area contributed by atoms with Crippen molar-refractivity contribution in [3.05, 3.63) is 23.8 Å². The van der Waals surface area contributed by atoms with E-state index in [1.54, 1.807) is 13.2 Å². The summed E-state index contributed by atoms with van der Waals surface area (Å²) in [7, 11) is 1.67. The van der Waals surface area contributed by atoms with Crippen LogP contribution in [0.3, 0.4) is 0 Å². The molecule has 0 saturated heterocycles. The van der Waals surface area contributed by atoms with Crippen LogP contribution in [-0.4, -0.2) is 18.9 Å². The number of allylic oxidation sites excluding steroid dienone is 2. The van der Waals surface area contributed by atoms with Crippen LogP contribution in [0.2, 0.25) is 0 Å². The summed E-state index contributed by atoms with van der Waals surface area (Å²) < 4.78 is 11.3. The molecule has 0 N–H and O–H groups in total. The molecule has 3 aliphatic rings. The number of carbonyl (C=O) groups is 1. The average Bonchev–Trinajstić information content (AvgIpc) is 3.03. The Labute approximate surface area is 146 Å². The third-order valence-electron chi connectivity index (χ3n) is 6.77. The zero-order valence-corrected chi connectivity index (χ0v) is 15.8. The first-order valence-electron chi connectivity index (χ1n) is 9.49. The van der Waals surface area contributed by atoms with Crippen LogP contribution in [0.5, 0.6) is 0 Å². The molecule has 0 aromatic rings. The SMILES string of the molecule is COC12CCC3(C)C(CCC3C(C)C=CCC(C)C)C1=CC(=O)O2. The lowest BCUT2D eigenvalue weighted by molar-refractivity contribution is -0.208. The van der Waals surface area contributed by atoms with Crippen molar-refractivity contribution in [2.75, 3.05) is 7.11 Å². The van der Waals surface area contributed by atoms with E-state index in [-0.39, 0.29) is 11.4 Å². The highest BCUT2D eigenvalue weighted by atomic mass is 16.7. The molecule has 0 spiro atoms. The van der Waals surface area contributed by atoms with Crippen LogP contribution in [0.4, 0.5) is 0 Å². The van der Waals surface area contributed by atoms with E-state index < -0.39 is 5.79 Å². The Hall–Kier alpha value is -1.09. The zero-order chi connectivity index (χ0) is 17.5. The molecular weight excluding hydrogens is 300 g/mol. The quantitative estimate of drug-likeness (QED) is 0.532. The largest absolute Gasteiger partial charge is 0.426 e. The van der Waals surface area contributed by atoms with Gasteiger partial charge in [-0.05, 0) is 54.8 Å². The fourth-order valence-electron chi connectivity index (χ4n) is 5.44. The average molecular weight is 332 g/mol. The number of esters is 1. The number of fused-ring (bicyclic) bond motifs is 3. The van der Waals surface area contributed by atoms with Gasteiger partial charge in [0.1, 0.15) is 0 Å². The van der Waals surface area contributed by atoms with Crippen molar-refractivity contribution in [1.82, 2.24) is 0 Å². The van der Waals surface area contributed by atoms with E-state index in [4.69, 9.17) is 9.47 Å². The second-order valence-electron chi connectivity index (χ2n) is 8.64. The summed E-state index contributed by atoms with van der Waals surface area (Å²) in [5, 5.41) is 0. The molecule has 0 amide bonds. The fourth-order valence-corrected chi connectivity index (χ4v) is 5.44. The van der Waals surface area contributed by atoms with Crippen molar-refractivity contribution in [2.45, 2.75) is 65.6 Å². The van der Waals surface area contributed by atoms with Gasteiger partial charge in [-0.1, -0.05) is 39.8 Å². The minimum Gasteiger partial charge on any atom is -0.426 e.